The largest absolute Gasteiger partial charge is 0.350 e. The van der Waals surface area contributed by atoms with Crippen LogP contribution in [0.3, 0.4) is 0 Å². The van der Waals surface area contributed by atoms with Crippen molar-refractivity contribution in [3.63, 3.8) is 0 Å². The van der Waals surface area contributed by atoms with Crippen molar-refractivity contribution in [2.24, 2.45) is 0 Å². The van der Waals surface area contributed by atoms with Crippen LogP contribution in [0.2, 0.25) is 5.02 Å². The summed E-state index contributed by atoms with van der Waals surface area (Å²) in [5, 5.41) is 3.73. The van der Waals surface area contributed by atoms with Gasteiger partial charge in [0.25, 0.3) is 11.8 Å². The summed E-state index contributed by atoms with van der Waals surface area (Å²) in [5.74, 6) is -0.350. The third kappa shape index (κ3) is 3.74. The second kappa shape index (κ2) is 8.17. The first-order valence-electron chi connectivity index (χ1n) is 9.76. The molecule has 30 heavy (non-hydrogen) atoms. The summed E-state index contributed by atoms with van der Waals surface area (Å²) in [6.07, 6.45) is 0. The zero-order valence-corrected chi connectivity index (χ0v) is 17.5. The number of carbonyl (C=O) groups excluding carboxylic acids is 2. The molecule has 0 unspecified atom stereocenters. The molecule has 0 saturated heterocycles. The van der Waals surface area contributed by atoms with Gasteiger partial charge >= 0.3 is 0 Å². The van der Waals surface area contributed by atoms with E-state index in [1.54, 1.807) is 24.3 Å². The summed E-state index contributed by atoms with van der Waals surface area (Å²) in [6.45, 7) is 4.25. The van der Waals surface area contributed by atoms with E-state index in [2.05, 4.69) is 19.2 Å². The molecule has 1 aliphatic rings. The molecular weight excluding hydrogens is 396 g/mol. The molecular formula is C25H21ClN2O2. The van der Waals surface area contributed by atoms with Crippen molar-refractivity contribution in [3.8, 4) is 0 Å². The maximum Gasteiger partial charge on any atom is 0.282 e. The average Bonchev–Trinajstić information content (AvgIpc) is 2.99. The highest BCUT2D eigenvalue weighted by atomic mass is 35.5. The van der Waals surface area contributed by atoms with E-state index in [0.717, 1.165) is 5.69 Å². The third-order valence-electron chi connectivity index (χ3n) is 5.08. The highest BCUT2D eigenvalue weighted by Crippen LogP contribution is 2.34. The number of hydrogen-bond donors (Lipinski definition) is 1. The van der Waals surface area contributed by atoms with Gasteiger partial charge in [-0.3, -0.25) is 9.59 Å². The van der Waals surface area contributed by atoms with E-state index < -0.39 is 5.91 Å². The lowest BCUT2D eigenvalue weighted by Crippen LogP contribution is -2.32. The van der Waals surface area contributed by atoms with Crippen LogP contribution in [-0.4, -0.2) is 11.8 Å². The predicted molar refractivity (Wildman–Crippen MR) is 121 cm³/mol. The van der Waals surface area contributed by atoms with Crippen molar-refractivity contribution in [3.05, 3.63) is 101 Å². The maximum absolute atomic E-state index is 13.3. The van der Waals surface area contributed by atoms with Gasteiger partial charge in [-0.2, -0.15) is 0 Å². The minimum absolute atomic E-state index is 0.262. The summed E-state index contributed by atoms with van der Waals surface area (Å²) in [6, 6.07) is 23.8. The van der Waals surface area contributed by atoms with Crippen molar-refractivity contribution in [1.29, 1.82) is 0 Å². The fraction of sp³-hybridized carbons (Fsp3) is 0.120. The van der Waals surface area contributed by atoms with Gasteiger partial charge in [0.15, 0.2) is 0 Å². The fourth-order valence-electron chi connectivity index (χ4n) is 3.44. The van der Waals surface area contributed by atoms with E-state index >= 15 is 0 Å². The van der Waals surface area contributed by atoms with Crippen LogP contribution in [0, 0.1) is 0 Å². The molecule has 0 bridgehead atoms. The summed E-state index contributed by atoms with van der Waals surface area (Å²) >= 11 is 5.98. The van der Waals surface area contributed by atoms with E-state index in [-0.39, 0.29) is 11.6 Å². The van der Waals surface area contributed by atoms with Crippen molar-refractivity contribution in [2.75, 3.05) is 10.2 Å². The predicted octanol–water partition coefficient (Wildman–Crippen LogP) is 5.86. The minimum Gasteiger partial charge on any atom is -0.350 e. The molecule has 0 radical (unpaired) electrons. The highest BCUT2D eigenvalue weighted by molar-refractivity contribution is 6.46. The smallest absolute Gasteiger partial charge is 0.282 e. The Hall–Kier alpha value is -3.37. The van der Waals surface area contributed by atoms with Crippen LogP contribution in [0.25, 0.3) is 5.57 Å². The van der Waals surface area contributed by atoms with Crippen LogP contribution < -0.4 is 10.2 Å². The summed E-state index contributed by atoms with van der Waals surface area (Å²) in [5.41, 5.74) is 3.74. The lowest BCUT2D eigenvalue weighted by Gasteiger charge is -2.15. The van der Waals surface area contributed by atoms with E-state index in [1.807, 2.05) is 54.6 Å². The fourth-order valence-corrected chi connectivity index (χ4v) is 3.56. The molecule has 1 aliphatic heterocycles. The van der Waals surface area contributed by atoms with Gasteiger partial charge in [-0.1, -0.05) is 67.9 Å². The molecule has 0 aromatic heterocycles. The molecule has 4 rings (SSSR count). The first kappa shape index (κ1) is 19.9. The minimum atomic E-state index is -0.394. The van der Waals surface area contributed by atoms with Gasteiger partial charge in [-0.25, -0.2) is 4.90 Å². The molecule has 3 aromatic rings. The number of halogens is 1. The molecule has 0 atom stereocenters. The normalized spacial score (nSPS) is 14.1. The van der Waals surface area contributed by atoms with E-state index in [9.17, 15) is 9.59 Å². The number of anilines is 2. The monoisotopic (exact) mass is 416 g/mol. The van der Waals surface area contributed by atoms with Crippen molar-refractivity contribution in [2.45, 2.75) is 19.8 Å². The molecule has 2 amide bonds. The molecule has 0 spiro atoms. The van der Waals surface area contributed by atoms with Gasteiger partial charge < -0.3 is 5.32 Å². The van der Waals surface area contributed by atoms with Gasteiger partial charge in [0.05, 0.1) is 11.3 Å². The Morgan fingerprint density at radius 3 is 2.03 bits per heavy atom. The molecule has 1 heterocycles. The van der Waals surface area contributed by atoms with Gasteiger partial charge in [-0.15, -0.1) is 0 Å². The van der Waals surface area contributed by atoms with Gasteiger partial charge in [0.1, 0.15) is 5.70 Å². The summed E-state index contributed by atoms with van der Waals surface area (Å²) < 4.78 is 0. The highest BCUT2D eigenvalue weighted by Gasteiger charge is 2.40. The summed E-state index contributed by atoms with van der Waals surface area (Å²) in [7, 11) is 0. The number of nitrogens with one attached hydrogen (secondary N) is 1. The number of benzene rings is 3. The molecule has 3 aromatic carbocycles. The van der Waals surface area contributed by atoms with E-state index in [1.165, 1.54) is 10.5 Å². The molecule has 5 heteroatoms. The average molecular weight is 417 g/mol. The third-order valence-corrected chi connectivity index (χ3v) is 5.33. The molecule has 0 aliphatic carbocycles. The molecule has 1 N–H and O–H groups in total. The number of amides is 2. The van der Waals surface area contributed by atoms with Crippen LogP contribution in [0.4, 0.5) is 11.4 Å². The van der Waals surface area contributed by atoms with Crippen molar-refractivity contribution in [1.82, 2.24) is 0 Å². The molecule has 4 nitrogen and oxygen atoms in total. The molecule has 0 saturated carbocycles. The second-order valence-corrected chi connectivity index (χ2v) is 7.88. The van der Waals surface area contributed by atoms with Crippen LogP contribution in [0.1, 0.15) is 30.9 Å². The molecule has 0 fully saturated rings. The Kier molecular flexibility index (Phi) is 5.42. The number of imide groups is 1. The Balaban J connectivity index is 1.76. The van der Waals surface area contributed by atoms with Crippen LogP contribution in [0.5, 0.6) is 0 Å². The van der Waals surface area contributed by atoms with Gasteiger partial charge in [0.2, 0.25) is 0 Å². The van der Waals surface area contributed by atoms with E-state index in [0.29, 0.717) is 27.8 Å². The SMILES string of the molecule is CC(C)c1ccc(NC2=C(c3ccccc3)C(=O)N(c3ccc(Cl)cc3)C2=O)cc1. The van der Waals surface area contributed by atoms with Crippen molar-refractivity contribution >= 4 is 40.4 Å². The number of nitrogens with zero attached hydrogens (tertiary/aromatic N) is 1. The van der Waals surface area contributed by atoms with Gasteiger partial charge in [0, 0.05) is 10.7 Å². The first-order chi connectivity index (χ1) is 14.5. The first-order valence-corrected chi connectivity index (χ1v) is 10.1. The van der Waals surface area contributed by atoms with Crippen LogP contribution >= 0.6 is 11.6 Å². The Morgan fingerprint density at radius 2 is 1.43 bits per heavy atom. The lowest BCUT2D eigenvalue weighted by molar-refractivity contribution is -0.120. The zero-order chi connectivity index (χ0) is 21.3. The van der Waals surface area contributed by atoms with Crippen LogP contribution in [-0.2, 0) is 9.59 Å². The zero-order valence-electron chi connectivity index (χ0n) is 16.7. The standard InChI is InChI=1S/C25H21ClN2O2/c1-16(2)17-8-12-20(13-9-17)27-23-22(18-6-4-3-5-7-18)24(29)28(25(23)30)21-14-10-19(26)11-15-21/h3-16,27H,1-2H3. The quantitative estimate of drug-likeness (QED) is 0.530. The maximum atomic E-state index is 13.3. The summed E-state index contributed by atoms with van der Waals surface area (Å²) in [4.78, 5) is 27.8. The second-order valence-electron chi connectivity index (χ2n) is 7.44. The number of rotatable bonds is 5. The van der Waals surface area contributed by atoms with Crippen LogP contribution in [0.15, 0.2) is 84.6 Å². The number of hydrogen-bond acceptors (Lipinski definition) is 3. The Morgan fingerprint density at radius 1 is 0.800 bits per heavy atom. The lowest BCUT2D eigenvalue weighted by atomic mass is 10.0. The number of carbonyl (C=O) groups is 2. The van der Waals surface area contributed by atoms with E-state index in [4.69, 9.17) is 11.6 Å². The molecule has 150 valence electrons. The van der Waals surface area contributed by atoms with Crippen molar-refractivity contribution < 1.29 is 9.59 Å². The Labute approximate surface area is 180 Å². The topological polar surface area (TPSA) is 49.4 Å². The Bertz CT molecular complexity index is 1120. The van der Waals surface area contributed by atoms with Gasteiger partial charge in [-0.05, 0) is 53.4 Å².